The number of hydrogen-bond acceptors (Lipinski definition) is 5. The van der Waals surface area contributed by atoms with Crippen LogP contribution in [0.1, 0.15) is 33.6 Å². The summed E-state index contributed by atoms with van der Waals surface area (Å²) in [4.78, 5) is 50.2. The summed E-state index contributed by atoms with van der Waals surface area (Å²) in [6, 6.07) is 23.6. The van der Waals surface area contributed by atoms with Crippen molar-refractivity contribution in [1.29, 1.82) is 0 Å². The summed E-state index contributed by atoms with van der Waals surface area (Å²) in [5, 5.41) is 2.77. The quantitative estimate of drug-likeness (QED) is 0.422. The lowest BCUT2D eigenvalue weighted by Crippen LogP contribution is -2.31. The van der Waals surface area contributed by atoms with Gasteiger partial charge in [-0.25, -0.2) is 0 Å². The first-order valence-electron chi connectivity index (χ1n) is 10.6. The predicted octanol–water partition coefficient (Wildman–Crippen LogP) is 3.91. The number of carbonyl (C=O) groups is 4. The molecule has 0 atom stereocenters. The molecule has 1 N–H and O–H groups in total. The Morgan fingerprint density at radius 1 is 0.758 bits per heavy atom. The molecule has 1 heterocycles. The normalized spacial score (nSPS) is 12.4. The highest BCUT2D eigenvalue weighted by atomic mass is 16.5. The van der Waals surface area contributed by atoms with Gasteiger partial charge in [-0.05, 0) is 30.2 Å². The Morgan fingerprint density at radius 3 is 2.00 bits per heavy atom. The molecular formula is C26H22N2O5. The zero-order valence-electron chi connectivity index (χ0n) is 17.8. The highest BCUT2D eigenvalue weighted by Crippen LogP contribution is 2.27. The van der Waals surface area contributed by atoms with E-state index in [2.05, 4.69) is 5.32 Å². The molecule has 4 rings (SSSR count). The van der Waals surface area contributed by atoms with Crippen molar-refractivity contribution < 1.29 is 23.9 Å². The fourth-order valence-electron chi connectivity index (χ4n) is 3.69. The Bertz CT molecular complexity index is 1170. The fourth-order valence-corrected chi connectivity index (χ4v) is 3.69. The molecule has 0 fully saturated rings. The van der Waals surface area contributed by atoms with Gasteiger partial charge in [0.25, 0.3) is 17.7 Å². The summed E-state index contributed by atoms with van der Waals surface area (Å²) in [5.41, 5.74) is 3.18. The molecule has 3 amide bonds. The van der Waals surface area contributed by atoms with Crippen LogP contribution >= 0.6 is 0 Å². The Kier molecular flexibility index (Phi) is 6.59. The third-order valence-electron chi connectivity index (χ3n) is 5.29. The average Bonchev–Trinajstić information content (AvgIpc) is 3.09. The topological polar surface area (TPSA) is 92.8 Å². The van der Waals surface area contributed by atoms with Gasteiger partial charge in [0, 0.05) is 24.2 Å². The van der Waals surface area contributed by atoms with Crippen LogP contribution in [0.25, 0.3) is 11.1 Å². The molecule has 1 aliphatic heterocycles. The van der Waals surface area contributed by atoms with E-state index >= 15 is 0 Å². The van der Waals surface area contributed by atoms with Gasteiger partial charge in [0.15, 0.2) is 6.61 Å². The second-order valence-electron chi connectivity index (χ2n) is 7.53. The number of carbonyl (C=O) groups excluding carboxylic acids is 4. The van der Waals surface area contributed by atoms with E-state index < -0.39 is 18.5 Å². The number of anilines is 1. The molecule has 166 valence electrons. The average molecular weight is 442 g/mol. The largest absolute Gasteiger partial charge is 0.456 e. The monoisotopic (exact) mass is 442 g/mol. The van der Waals surface area contributed by atoms with E-state index in [9.17, 15) is 19.2 Å². The maximum atomic E-state index is 12.3. The number of benzene rings is 3. The van der Waals surface area contributed by atoms with Gasteiger partial charge in [-0.15, -0.1) is 0 Å². The minimum atomic E-state index is -0.571. The molecule has 7 heteroatoms. The smallest absolute Gasteiger partial charge is 0.306 e. The number of fused-ring (bicyclic) bond motifs is 1. The van der Waals surface area contributed by atoms with E-state index in [1.54, 1.807) is 30.3 Å². The molecule has 33 heavy (non-hydrogen) atoms. The maximum absolute atomic E-state index is 12.3. The van der Waals surface area contributed by atoms with Crippen molar-refractivity contribution in [3.8, 4) is 11.1 Å². The van der Waals surface area contributed by atoms with Crippen molar-refractivity contribution in [2.75, 3.05) is 18.5 Å². The summed E-state index contributed by atoms with van der Waals surface area (Å²) in [6.45, 7) is -0.312. The maximum Gasteiger partial charge on any atom is 0.306 e. The highest BCUT2D eigenvalue weighted by molar-refractivity contribution is 6.21. The predicted molar refractivity (Wildman–Crippen MR) is 123 cm³/mol. The highest BCUT2D eigenvalue weighted by Gasteiger charge is 2.34. The third kappa shape index (κ3) is 4.98. The van der Waals surface area contributed by atoms with Crippen LogP contribution in [0.5, 0.6) is 0 Å². The number of ether oxygens (including phenoxy) is 1. The van der Waals surface area contributed by atoms with Gasteiger partial charge < -0.3 is 10.1 Å². The minimum absolute atomic E-state index is 0.0126. The molecule has 3 aromatic carbocycles. The number of rotatable bonds is 8. The molecule has 0 aromatic heterocycles. The van der Waals surface area contributed by atoms with Gasteiger partial charge in [0.05, 0.1) is 11.1 Å². The van der Waals surface area contributed by atoms with Crippen LogP contribution in [-0.4, -0.2) is 41.7 Å². The van der Waals surface area contributed by atoms with Gasteiger partial charge in [-0.3, -0.25) is 24.1 Å². The minimum Gasteiger partial charge on any atom is -0.456 e. The molecule has 0 aliphatic carbocycles. The number of amides is 3. The van der Waals surface area contributed by atoms with Crippen molar-refractivity contribution in [2.24, 2.45) is 0 Å². The summed E-state index contributed by atoms with van der Waals surface area (Å²) in [5.74, 6) is -1.74. The van der Waals surface area contributed by atoms with Crippen LogP contribution < -0.4 is 5.32 Å². The number of nitrogens with zero attached hydrogens (tertiary/aromatic N) is 1. The first-order valence-corrected chi connectivity index (χ1v) is 10.6. The molecule has 0 saturated carbocycles. The summed E-state index contributed by atoms with van der Waals surface area (Å²) < 4.78 is 5.06. The van der Waals surface area contributed by atoms with Crippen molar-refractivity contribution in [3.63, 3.8) is 0 Å². The van der Waals surface area contributed by atoms with E-state index in [4.69, 9.17) is 4.74 Å². The van der Waals surface area contributed by atoms with Crippen LogP contribution in [0.3, 0.4) is 0 Å². The molecule has 1 aliphatic rings. The van der Waals surface area contributed by atoms with E-state index in [1.807, 2.05) is 48.5 Å². The molecule has 0 radical (unpaired) electrons. The van der Waals surface area contributed by atoms with Crippen molar-refractivity contribution in [2.45, 2.75) is 12.8 Å². The number of esters is 1. The number of para-hydroxylation sites is 1. The second kappa shape index (κ2) is 9.91. The molecule has 7 nitrogen and oxygen atoms in total. The first-order chi connectivity index (χ1) is 16.0. The van der Waals surface area contributed by atoms with E-state index in [0.717, 1.165) is 16.0 Å². The SMILES string of the molecule is O=C(COC(=O)CCCN1C(=O)c2ccccc2C1=O)Nc1ccccc1-c1ccccc1. The van der Waals surface area contributed by atoms with Crippen molar-refractivity contribution in [1.82, 2.24) is 4.90 Å². The van der Waals surface area contributed by atoms with Gasteiger partial charge in [0.1, 0.15) is 0 Å². The number of hydrogen-bond donors (Lipinski definition) is 1. The third-order valence-corrected chi connectivity index (χ3v) is 5.29. The molecule has 0 bridgehead atoms. The Balaban J connectivity index is 1.24. The second-order valence-corrected chi connectivity index (χ2v) is 7.53. The fraction of sp³-hybridized carbons (Fsp3) is 0.154. The van der Waals surface area contributed by atoms with Crippen LogP contribution in [0.15, 0.2) is 78.9 Å². The van der Waals surface area contributed by atoms with Crippen molar-refractivity contribution >= 4 is 29.4 Å². The lowest BCUT2D eigenvalue weighted by molar-refractivity contribution is -0.147. The zero-order valence-corrected chi connectivity index (χ0v) is 17.8. The first kappa shape index (κ1) is 22.0. The lowest BCUT2D eigenvalue weighted by Gasteiger charge is -2.13. The van der Waals surface area contributed by atoms with Gasteiger partial charge in [-0.2, -0.15) is 0 Å². The molecule has 0 saturated heterocycles. The van der Waals surface area contributed by atoms with E-state index in [-0.39, 0.29) is 31.2 Å². The zero-order chi connectivity index (χ0) is 23.2. The number of imide groups is 1. The number of nitrogens with one attached hydrogen (secondary N) is 1. The van der Waals surface area contributed by atoms with Crippen LogP contribution in [0, 0.1) is 0 Å². The standard InChI is InChI=1S/C26H22N2O5/c29-23(27-22-14-7-6-11-19(22)18-9-2-1-3-10-18)17-33-24(30)15-8-16-28-25(31)20-12-4-5-13-21(20)26(28)32/h1-7,9-14H,8,15-17H2,(H,27,29). The van der Waals surface area contributed by atoms with E-state index in [1.165, 1.54) is 0 Å². The summed E-state index contributed by atoms with van der Waals surface area (Å²) >= 11 is 0. The molecule has 3 aromatic rings. The van der Waals surface area contributed by atoms with Crippen molar-refractivity contribution in [3.05, 3.63) is 90.0 Å². The van der Waals surface area contributed by atoms with E-state index in [0.29, 0.717) is 16.8 Å². The van der Waals surface area contributed by atoms with Gasteiger partial charge in [0.2, 0.25) is 0 Å². The molecule has 0 unspecified atom stereocenters. The Morgan fingerprint density at radius 2 is 1.33 bits per heavy atom. The molecular weight excluding hydrogens is 420 g/mol. The summed E-state index contributed by atoms with van der Waals surface area (Å²) in [6.07, 6.45) is 0.240. The Hall–Kier alpha value is -4.26. The van der Waals surface area contributed by atoms with Crippen LogP contribution in [0.4, 0.5) is 5.69 Å². The van der Waals surface area contributed by atoms with Crippen LogP contribution in [0.2, 0.25) is 0 Å². The molecule has 0 spiro atoms. The van der Waals surface area contributed by atoms with Gasteiger partial charge in [-0.1, -0.05) is 60.7 Å². The summed E-state index contributed by atoms with van der Waals surface area (Å²) in [7, 11) is 0. The van der Waals surface area contributed by atoms with Crippen LogP contribution in [-0.2, 0) is 14.3 Å². The lowest BCUT2D eigenvalue weighted by atomic mass is 10.0. The Labute approximate surface area is 191 Å². The van der Waals surface area contributed by atoms with Gasteiger partial charge >= 0.3 is 5.97 Å².